The SMILES string of the molecule is O=C(c1ccncc1)N1CC[C@@H](O)C1. The number of carbonyl (C=O) groups is 1. The fourth-order valence-corrected chi connectivity index (χ4v) is 1.60. The van der Waals surface area contributed by atoms with E-state index in [9.17, 15) is 9.90 Å². The van der Waals surface area contributed by atoms with Crippen molar-refractivity contribution in [2.75, 3.05) is 13.1 Å². The van der Waals surface area contributed by atoms with Crippen molar-refractivity contribution in [2.24, 2.45) is 0 Å². The van der Waals surface area contributed by atoms with Crippen LogP contribution in [0.15, 0.2) is 24.5 Å². The fraction of sp³-hybridized carbons (Fsp3) is 0.400. The van der Waals surface area contributed by atoms with Crippen molar-refractivity contribution < 1.29 is 9.90 Å². The lowest BCUT2D eigenvalue weighted by Gasteiger charge is -2.14. The number of likely N-dealkylation sites (tertiary alicyclic amines) is 1. The third-order valence-electron chi connectivity index (χ3n) is 2.38. The van der Waals surface area contributed by atoms with E-state index in [1.54, 1.807) is 29.4 Å². The van der Waals surface area contributed by atoms with Crippen LogP contribution in [0.5, 0.6) is 0 Å². The lowest BCUT2D eigenvalue weighted by molar-refractivity contribution is 0.0765. The van der Waals surface area contributed by atoms with Crippen LogP contribution < -0.4 is 0 Å². The number of aliphatic hydroxyl groups is 1. The first kappa shape index (κ1) is 9.15. The monoisotopic (exact) mass is 192 g/mol. The molecule has 2 rings (SSSR count). The van der Waals surface area contributed by atoms with Gasteiger partial charge >= 0.3 is 0 Å². The molecule has 1 atom stereocenters. The predicted octanol–water partition coefficient (Wildman–Crippen LogP) is 0.288. The zero-order chi connectivity index (χ0) is 9.97. The van der Waals surface area contributed by atoms with Gasteiger partial charge in [0.15, 0.2) is 0 Å². The number of amides is 1. The van der Waals surface area contributed by atoms with Crippen LogP contribution in [0.3, 0.4) is 0 Å². The van der Waals surface area contributed by atoms with Crippen molar-refractivity contribution >= 4 is 5.91 Å². The maximum Gasteiger partial charge on any atom is 0.254 e. The Kier molecular flexibility index (Phi) is 2.45. The zero-order valence-electron chi connectivity index (χ0n) is 7.76. The average Bonchev–Trinajstić information content (AvgIpc) is 2.65. The number of aliphatic hydroxyl groups excluding tert-OH is 1. The lowest BCUT2D eigenvalue weighted by Crippen LogP contribution is -2.29. The van der Waals surface area contributed by atoms with E-state index in [4.69, 9.17) is 0 Å². The third kappa shape index (κ3) is 1.75. The van der Waals surface area contributed by atoms with E-state index in [2.05, 4.69) is 4.98 Å². The topological polar surface area (TPSA) is 53.4 Å². The summed E-state index contributed by atoms with van der Waals surface area (Å²) in [4.78, 5) is 17.3. The number of hydrogen-bond donors (Lipinski definition) is 1. The van der Waals surface area contributed by atoms with E-state index >= 15 is 0 Å². The van der Waals surface area contributed by atoms with Crippen LogP contribution in [0, 0.1) is 0 Å². The van der Waals surface area contributed by atoms with Gasteiger partial charge in [0.25, 0.3) is 5.91 Å². The summed E-state index contributed by atoms with van der Waals surface area (Å²) in [6.45, 7) is 1.09. The first-order valence-corrected chi connectivity index (χ1v) is 4.65. The van der Waals surface area contributed by atoms with Gasteiger partial charge in [-0.25, -0.2) is 0 Å². The van der Waals surface area contributed by atoms with Crippen molar-refractivity contribution in [1.29, 1.82) is 0 Å². The number of carbonyl (C=O) groups excluding carboxylic acids is 1. The molecule has 1 aromatic rings. The summed E-state index contributed by atoms with van der Waals surface area (Å²) < 4.78 is 0. The molecule has 4 nitrogen and oxygen atoms in total. The van der Waals surface area contributed by atoms with Gasteiger partial charge in [0.05, 0.1) is 6.10 Å². The summed E-state index contributed by atoms with van der Waals surface area (Å²) in [6.07, 6.45) is 3.51. The Labute approximate surface area is 82.2 Å². The minimum absolute atomic E-state index is 0.0241. The van der Waals surface area contributed by atoms with Gasteiger partial charge in [0.2, 0.25) is 0 Å². The standard InChI is InChI=1S/C10H12N2O2/c13-9-3-6-12(7-9)10(14)8-1-4-11-5-2-8/h1-2,4-5,9,13H,3,6-7H2/t9-/m1/s1. The maximum absolute atomic E-state index is 11.8. The van der Waals surface area contributed by atoms with Gasteiger partial charge in [-0.3, -0.25) is 9.78 Å². The molecule has 0 bridgehead atoms. The van der Waals surface area contributed by atoms with Gasteiger partial charge in [-0.15, -0.1) is 0 Å². The number of rotatable bonds is 1. The smallest absolute Gasteiger partial charge is 0.254 e. The van der Waals surface area contributed by atoms with Gasteiger partial charge in [0.1, 0.15) is 0 Å². The highest BCUT2D eigenvalue weighted by molar-refractivity contribution is 5.94. The largest absolute Gasteiger partial charge is 0.391 e. The van der Waals surface area contributed by atoms with Crippen molar-refractivity contribution in [3.8, 4) is 0 Å². The molecule has 1 saturated heterocycles. The normalized spacial score (nSPS) is 21.2. The Morgan fingerprint density at radius 2 is 2.21 bits per heavy atom. The van der Waals surface area contributed by atoms with Gasteiger partial charge in [-0.1, -0.05) is 0 Å². The van der Waals surface area contributed by atoms with E-state index in [1.165, 1.54) is 0 Å². The molecule has 0 unspecified atom stereocenters. The van der Waals surface area contributed by atoms with Gasteiger partial charge in [-0.2, -0.15) is 0 Å². The molecular weight excluding hydrogens is 180 g/mol. The van der Waals surface area contributed by atoms with Gasteiger partial charge in [0, 0.05) is 31.0 Å². The van der Waals surface area contributed by atoms with Crippen LogP contribution in [0.4, 0.5) is 0 Å². The summed E-state index contributed by atoms with van der Waals surface area (Å²) in [5.74, 6) is -0.0241. The Hall–Kier alpha value is -1.42. The molecule has 2 heterocycles. The molecule has 14 heavy (non-hydrogen) atoms. The molecule has 0 spiro atoms. The molecule has 1 N–H and O–H groups in total. The molecule has 4 heteroatoms. The van der Waals surface area contributed by atoms with E-state index in [1.807, 2.05) is 0 Å². The summed E-state index contributed by atoms with van der Waals surface area (Å²) in [7, 11) is 0. The summed E-state index contributed by atoms with van der Waals surface area (Å²) in [5, 5.41) is 9.29. The van der Waals surface area contributed by atoms with Crippen molar-refractivity contribution in [2.45, 2.75) is 12.5 Å². The molecule has 1 fully saturated rings. The first-order valence-electron chi connectivity index (χ1n) is 4.65. The van der Waals surface area contributed by atoms with Crippen LogP contribution in [-0.4, -0.2) is 40.1 Å². The van der Waals surface area contributed by atoms with Crippen LogP contribution in [0.2, 0.25) is 0 Å². The summed E-state index contributed by atoms with van der Waals surface area (Å²) in [5.41, 5.74) is 0.633. The van der Waals surface area contributed by atoms with Crippen molar-refractivity contribution in [3.05, 3.63) is 30.1 Å². The molecule has 1 aliphatic rings. The third-order valence-corrected chi connectivity index (χ3v) is 2.38. The van der Waals surface area contributed by atoms with Crippen LogP contribution in [0.1, 0.15) is 16.8 Å². The molecule has 0 aliphatic carbocycles. The minimum atomic E-state index is -0.360. The Morgan fingerprint density at radius 3 is 2.79 bits per heavy atom. The van der Waals surface area contributed by atoms with Crippen LogP contribution >= 0.6 is 0 Å². The maximum atomic E-state index is 11.8. The Balaban J connectivity index is 2.10. The summed E-state index contributed by atoms with van der Waals surface area (Å²) >= 11 is 0. The molecule has 0 saturated carbocycles. The average molecular weight is 192 g/mol. The molecular formula is C10H12N2O2. The quantitative estimate of drug-likeness (QED) is 0.695. The molecule has 1 amide bonds. The number of hydrogen-bond acceptors (Lipinski definition) is 3. The van der Waals surface area contributed by atoms with E-state index < -0.39 is 0 Å². The molecule has 1 aromatic heterocycles. The number of pyridine rings is 1. The zero-order valence-corrected chi connectivity index (χ0v) is 7.76. The molecule has 0 aromatic carbocycles. The van der Waals surface area contributed by atoms with Gasteiger partial charge in [-0.05, 0) is 18.6 Å². The second-order valence-electron chi connectivity index (χ2n) is 3.43. The number of aromatic nitrogens is 1. The van der Waals surface area contributed by atoms with Crippen molar-refractivity contribution in [1.82, 2.24) is 9.88 Å². The molecule has 0 radical (unpaired) electrons. The fourth-order valence-electron chi connectivity index (χ4n) is 1.60. The Bertz CT molecular complexity index is 326. The number of β-amino-alcohol motifs (C(OH)–C–C–N with tert-alkyl or cyclic N) is 1. The Morgan fingerprint density at radius 1 is 1.50 bits per heavy atom. The highest BCUT2D eigenvalue weighted by Gasteiger charge is 2.24. The molecule has 74 valence electrons. The lowest BCUT2D eigenvalue weighted by atomic mass is 10.2. The second kappa shape index (κ2) is 3.75. The highest BCUT2D eigenvalue weighted by Crippen LogP contribution is 2.12. The van der Waals surface area contributed by atoms with E-state index in [0.717, 1.165) is 0 Å². The van der Waals surface area contributed by atoms with Crippen molar-refractivity contribution in [3.63, 3.8) is 0 Å². The van der Waals surface area contributed by atoms with Crippen LogP contribution in [-0.2, 0) is 0 Å². The predicted molar refractivity (Wildman–Crippen MR) is 50.8 cm³/mol. The number of nitrogens with zero attached hydrogens (tertiary/aromatic N) is 2. The second-order valence-corrected chi connectivity index (χ2v) is 3.43. The van der Waals surface area contributed by atoms with E-state index in [0.29, 0.717) is 25.1 Å². The molecule has 1 aliphatic heterocycles. The van der Waals surface area contributed by atoms with Crippen LogP contribution in [0.25, 0.3) is 0 Å². The first-order chi connectivity index (χ1) is 6.77. The minimum Gasteiger partial charge on any atom is -0.391 e. The highest BCUT2D eigenvalue weighted by atomic mass is 16.3. The van der Waals surface area contributed by atoms with Gasteiger partial charge < -0.3 is 10.0 Å². The summed E-state index contributed by atoms with van der Waals surface area (Å²) in [6, 6.07) is 3.38. The van der Waals surface area contributed by atoms with E-state index in [-0.39, 0.29) is 12.0 Å².